The first-order valence-electron chi connectivity index (χ1n) is 6.47. The lowest BCUT2D eigenvalue weighted by Gasteiger charge is -2.16. The molecular formula is C13H15F2N3O4. The molecule has 0 saturated carbocycles. The molecule has 0 aliphatic carbocycles. The smallest absolute Gasteiger partial charge is 0.351 e. The van der Waals surface area contributed by atoms with E-state index in [1.54, 1.807) is 0 Å². The first kappa shape index (κ1) is 16.2. The van der Waals surface area contributed by atoms with E-state index in [0.717, 1.165) is 10.8 Å². The lowest BCUT2D eigenvalue weighted by Crippen LogP contribution is -2.32. The predicted molar refractivity (Wildman–Crippen MR) is 73.4 cm³/mol. The number of aromatic nitrogens is 2. The third kappa shape index (κ3) is 3.04. The lowest BCUT2D eigenvalue weighted by molar-refractivity contribution is -0.112. The summed E-state index contributed by atoms with van der Waals surface area (Å²) in [6, 6.07) is 0. The molecule has 9 heteroatoms. The van der Waals surface area contributed by atoms with Crippen LogP contribution in [0.15, 0.2) is 17.1 Å². The Bertz CT molecular complexity index is 661. The van der Waals surface area contributed by atoms with Crippen molar-refractivity contribution in [1.29, 1.82) is 0 Å². The Balaban J connectivity index is 2.41. The van der Waals surface area contributed by atoms with Gasteiger partial charge in [-0.2, -0.15) is 4.98 Å². The summed E-state index contributed by atoms with van der Waals surface area (Å²) < 4.78 is 33.3. The average Bonchev–Trinajstić information content (AvgIpc) is 2.74. The van der Waals surface area contributed by atoms with Gasteiger partial charge in [0.1, 0.15) is 11.9 Å². The van der Waals surface area contributed by atoms with Crippen LogP contribution in [0.5, 0.6) is 0 Å². The number of aliphatic hydroxyl groups is 1. The van der Waals surface area contributed by atoms with E-state index < -0.39 is 37.0 Å². The Morgan fingerprint density at radius 3 is 2.77 bits per heavy atom. The zero-order valence-electron chi connectivity index (χ0n) is 11.6. The quantitative estimate of drug-likeness (QED) is 0.757. The van der Waals surface area contributed by atoms with Gasteiger partial charge in [-0.3, -0.25) is 9.36 Å². The van der Waals surface area contributed by atoms with E-state index in [-0.39, 0.29) is 17.2 Å². The van der Waals surface area contributed by atoms with Crippen molar-refractivity contribution in [2.24, 2.45) is 0 Å². The van der Waals surface area contributed by atoms with E-state index in [9.17, 15) is 18.4 Å². The highest BCUT2D eigenvalue weighted by Gasteiger charge is 2.46. The molecule has 4 atom stereocenters. The fraction of sp³-hybridized carbons (Fsp3) is 0.462. The minimum absolute atomic E-state index is 0.150. The fourth-order valence-electron chi connectivity index (χ4n) is 2.07. The largest absolute Gasteiger partial charge is 0.394 e. The Morgan fingerprint density at radius 2 is 2.23 bits per heavy atom. The maximum atomic E-state index is 13.9. The number of nitrogen functional groups attached to an aromatic ring is 1. The molecule has 1 saturated heterocycles. The topological polar surface area (TPSA) is 107 Å². The molecule has 7 nitrogen and oxygen atoms in total. The standard InChI is InChI=1S/C13H15F2N3O4/c1-6(20)2-3-7-4-18(13(21)17-11(7)16)12-10(15)9(14)8(5-19)22-12/h2-4,8-10,12,19H,5H2,1H3,(H2,16,17,21). The minimum atomic E-state index is -2.13. The van der Waals surface area contributed by atoms with Crippen molar-refractivity contribution in [1.82, 2.24) is 9.55 Å². The maximum absolute atomic E-state index is 13.9. The number of aliphatic hydroxyl groups excluding tert-OH is 1. The molecule has 120 valence electrons. The zero-order valence-corrected chi connectivity index (χ0v) is 11.6. The van der Waals surface area contributed by atoms with Crippen LogP contribution in [0, 0.1) is 0 Å². The zero-order chi connectivity index (χ0) is 16.4. The number of rotatable bonds is 4. The molecule has 0 amide bonds. The van der Waals surface area contributed by atoms with Gasteiger partial charge in [0.05, 0.1) is 6.61 Å². The molecule has 1 aliphatic heterocycles. The van der Waals surface area contributed by atoms with Gasteiger partial charge in [0.15, 0.2) is 24.4 Å². The molecule has 4 unspecified atom stereocenters. The number of halogens is 2. The number of anilines is 1. The van der Waals surface area contributed by atoms with Crippen LogP contribution in [-0.4, -0.2) is 45.5 Å². The summed E-state index contributed by atoms with van der Waals surface area (Å²) in [6.07, 6.45) is -3.48. The van der Waals surface area contributed by atoms with Gasteiger partial charge in [-0.1, -0.05) is 0 Å². The second kappa shape index (κ2) is 6.32. The lowest BCUT2D eigenvalue weighted by atomic mass is 10.2. The normalized spacial score (nSPS) is 28.4. The summed E-state index contributed by atoms with van der Waals surface area (Å²) in [6.45, 7) is 0.597. The van der Waals surface area contributed by atoms with Gasteiger partial charge in [-0.15, -0.1) is 0 Å². The van der Waals surface area contributed by atoms with Gasteiger partial charge in [0.2, 0.25) is 0 Å². The van der Waals surface area contributed by atoms with E-state index in [1.165, 1.54) is 19.1 Å². The van der Waals surface area contributed by atoms with Crippen molar-refractivity contribution in [2.75, 3.05) is 12.3 Å². The summed E-state index contributed by atoms with van der Waals surface area (Å²) in [5.74, 6) is -0.413. The van der Waals surface area contributed by atoms with Gasteiger partial charge in [0.25, 0.3) is 0 Å². The fourth-order valence-corrected chi connectivity index (χ4v) is 2.07. The minimum Gasteiger partial charge on any atom is -0.394 e. The number of nitrogens with zero attached hydrogens (tertiary/aromatic N) is 2. The molecule has 3 N–H and O–H groups in total. The van der Waals surface area contributed by atoms with E-state index >= 15 is 0 Å². The highest BCUT2D eigenvalue weighted by atomic mass is 19.2. The van der Waals surface area contributed by atoms with Crippen LogP contribution in [0.1, 0.15) is 18.7 Å². The molecule has 2 rings (SSSR count). The highest BCUT2D eigenvalue weighted by molar-refractivity contribution is 5.92. The number of alkyl halides is 2. The second-order valence-corrected chi connectivity index (χ2v) is 4.85. The van der Waals surface area contributed by atoms with Crippen molar-refractivity contribution < 1.29 is 23.4 Å². The van der Waals surface area contributed by atoms with Crippen molar-refractivity contribution in [2.45, 2.75) is 31.6 Å². The van der Waals surface area contributed by atoms with Crippen LogP contribution < -0.4 is 11.4 Å². The van der Waals surface area contributed by atoms with Crippen LogP contribution in [0.4, 0.5) is 14.6 Å². The first-order valence-corrected chi connectivity index (χ1v) is 6.47. The number of nitrogens with two attached hydrogens (primary N) is 1. The van der Waals surface area contributed by atoms with E-state index in [2.05, 4.69) is 4.98 Å². The van der Waals surface area contributed by atoms with Crippen LogP contribution in [-0.2, 0) is 9.53 Å². The van der Waals surface area contributed by atoms with Crippen LogP contribution in [0.25, 0.3) is 6.08 Å². The first-order chi connectivity index (χ1) is 10.3. The number of ether oxygens (including phenoxy) is 1. The van der Waals surface area contributed by atoms with Gasteiger partial charge in [0, 0.05) is 11.8 Å². The third-order valence-corrected chi connectivity index (χ3v) is 3.21. The summed E-state index contributed by atoms with van der Waals surface area (Å²) in [5.41, 5.74) is 4.82. The van der Waals surface area contributed by atoms with Crippen LogP contribution in [0.2, 0.25) is 0 Å². The number of allylic oxidation sites excluding steroid dienone is 1. The molecular weight excluding hydrogens is 300 g/mol. The van der Waals surface area contributed by atoms with E-state index in [0.29, 0.717) is 0 Å². The summed E-state index contributed by atoms with van der Waals surface area (Å²) in [4.78, 5) is 26.2. The number of carbonyl (C=O) groups excluding carboxylic acids is 1. The number of hydrogen-bond acceptors (Lipinski definition) is 6. The molecule has 2 heterocycles. The molecule has 1 aliphatic rings. The molecule has 22 heavy (non-hydrogen) atoms. The van der Waals surface area contributed by atoms with E-state index in [4.69, 9.17) is 15.6 Å². The summed E-state index contributed by atoms with van der Waals surface area (Å²) in [7, 11) is 0. The number of hydrogen-bond donors (Lipinski definition) is 2. The Morgan fingerprint density at radius 1 is 1.55 bits per heavy atom. The highest BCUT2D eigenvalue weighted by Crippen LogP contribution is 2.33. The van der Waals surface area contributed by atoms with Crippen molar-refractivity contribution in [3.63, 3.8) is 0 Å². The molecule has 0 radical (unpaired) electrons. The molecule has 0 bridgehead atoms. The van der Waals surface area contributed by atoms with Crippen molar-refractivity contribution in [3.8, 4) is 0 Å². The average molecular weight is 315 g/mol. The van der Waals surface area contributed by atoms with Gasteiger partial charge >= 0.3 is 5.69 Å². The predicted octanol–water partition coefficient (Wildman–Crippen LogP) is -0.00640. The van der Waals surface area contributed by atoms with Crippen molar-refractivity contribution >= 4 is 17.7 Å². The SMILES string of the molecule is CC(=O)C=Cc1cn(C2OC(CO)C(F)C2F)c(=O)nc1N. The number of carbonyl (C=O) groups is 1. The molecule has 1 fully saturated rings. The summed E-state index contributed by atoms with van der Waals surface area (Å²) >= 11 is 0. The van der Waals surface area contributed by atoms with E-state index in [1.807, 2.05) is 0 Å². The Labute approximate surface area is 124 Å². The van der Waals surface area contributed by atoms with Crippen molar-refractivity contribution in [3.05, 3.63) is 28.3 Å². The van der Waals surface area contributed by atoms with Gasteiger partial charge < -0.3 is 15.6 Å². The van der Waals surface area contributed by atoms with Gasteiger partial charge in [-0.05, 0) is 19.1 Å². The molecule has 1 aromatic rings. The van der Waals surface area contributed by atoms with Gasteiger partial charge in [-0.25, -0.2) is 13.6 Å². The second-order valence-electron chi connectivity index (χ2n) is 4.85. The third-order valence-electron chi connectivity index (χ3n) is 3.21. The molecule has 1 aromatic heterocycles. The Hall–Kier alpha value is -2.13. The van der Waals surface area contributed by atoms with Crippen LogP contribution in [0.3, 0.4) is 0 Å². The maximum Gasteiger partial charge on any atom is 0.351 e. The van der Waals surface area contributed by atoms with Crippen LogP contribution >= 0.6 is 0 Å². The monoisotopic (exact) mass is 315 g/mol. The number of ketones is 1. The summed E-state index contributed by atoms with van der Waals surface area (Å²) in [5, 5.41) is 8.93. The molecule has 0 aromatic carbocycles. The molecule has 0 spiro atoms. The Kier molecular flexibility index (Phi) is 4.67.